The Morgan fingerprint density at radius 1 is 0.921 bits per heavy atom. The molecule has 0 amide bonds. The highest BCUT2D eigenvalue weighted by Gasteiger charge is 2.42. The van der Waals surface area contributed by atoms with Crippen molar-refractivity contribution in [3.8, 4) is 0 Å². The van der Waals surface area contributed by atoms with E-state index in [1.807, 2.05) is 30.9 Å². The van der Waals surface area contributed by atoms with Crippen LogP contribution >= 0.6 is 0 Å². The summed E-state index contributed by atoms with van der Waals surface area (Å²) in [7, 11) is 0. The zero-order valence-electron chi connectivity index (χ0n) is 19.8. The van der Waals surface area contributed by atoms with Crippen LogP contribution in [0.25, 0.3) is 0 Å². The zero-order chi connectivity index (χ0) is 28.4. The molecule has 2 aromatic rings. The molecular weight excluding hydrogens is 528 g/mol. The quantitative estimate of drug-likeness (QED) is 0.548. The molecule has 2 saturated heterocycles. The monoisotopic (exact) mass is 553 g/mol. The molecule has 0 radical (unpaired) electrons. The molecule has 10 nitrogen and oxygen atoms in total. The van der Waals surface area contributed by atoms with Crippen LogP contribution in [0.1, 0.15) is 12.0 Å². The molecule has 2 fully saturated rings. The number of alkyl halides is 6. The van der Waals surface area contributed by atoms with Gasteiger partial charge in [0.05, 0.1) is 13.2 Å². The number of halogens is 6. The maximum Gasteiger partial charge on any atom is 0.490 e. The number of ether oxygens (including phenoxy) is 1. The molecule has 4 heterocycles. The first-order valence-corrected chi connectivity index (χ1v) is 11.0. The zero-order valence-corrected chi connectivity index (χ0v) is 19.8. The first-order valence-electron chi connectivity index (χ1n) is 11.0. The number of hydrogen-bond donors (Lipinski definition) is 2. The second-order valence-corrected chi connectivity index (χ2v) is 8.44. The van der Waals surface area contributed by atoms with Gasteiger partial charge in [-0.1, -0.05) is 0 Å². The molecule has 0 aliphatic carbocycles. The molecular formula is C22H25F6N5O5. The summed E-state index contributed by atoms with van der Waals surface area (Å²) in [4.78, 5) is 35.5. The summed E-state index contributed by atoms with van der Waals surface area (Å²) >= 11 is 0. The van der Waals surface area contributed by atoms with Crippen LogP contribution in [0.3, 0.4) is 0 Å². The molecule has 0 bridgehead atoms. The van der Waals surface area contributed by atoms with Crippen molar-refractivity contribution in [2.75, 3.05) is 44.3 Å². The summed E-state index contributed by atoms with van der Waals surface area (Å²) in [6.45, 7) is 6.57. The second kappa shape index (κ2) is 13.3. The van der Waals surface area contributed by atoms with E-state index in [9.17, 15) is 26.3 Å². The Bertz CT molecular complexity index is 1000. The average Bonchev–Trinajstić information content (AvgIpc) is 3.16. The molecule has 2 aromatic heterocycles. The Labute approximate surface area is 212 Å². The summed E-state index contributed by atoms with van der Waals surface area (Å²) in [6.07, 6.45) is -1.69. The van der Waals surface area contributed by atoms with Gasteiger partial charge >= 0.3 is 24.3 Å². The van der Waals surface area contributed by atoms with Crippen molar-refractivity contribution in [3.63, 3.8) is 0 Å². The minimum atomic E-state index is -5.08. The normalized spacial score (nSPS) is 20.0. The number of carboxylic acid groups (broad SMARTS) is 2. The van der Waals surface area contributed by atoms with Crippen LogP contribution in [0.15, 0.2) is 43.0 Å². The fraction of sp³-hybridized carbons (Fsp3) is 0.500. The van der Waals surface area contributed by atoms with Crippen LogP contribution in [0.4, 0.5) is 32.3 Å². The number of rotatable bonds is 3. The third kappa shape index (κ3) is 10.1. The van der Waals surface area contributed by atoms with Gasteiger partial charge < -0.3 is 19.8 Å². The fourth-order valence-corrected chi connectivity index (χ4v) is 3.77. The third-order valence-electron chi connectivity index (χ3n) is 5.43. The molecule has 0 saturated carbocycles. The van der Waals surface area contributed by atoms with Gasteiger partial charge in [0.15, 0.2) is 0 Å². The van der Waals surface area contributed by atoms with E-state index in [1.165, 1.54) is 5.56 Å². The van der Waals surface area contributed by atoms with Crippen molar-refractivity contribution < 1.29 is 50.9 Å². The van der Waals surface area contributed by atoms with Gasteiger partial charge in [0.2, 0.25) is 5.95 Å². The number of carboxylic acids is 2. The van der Waals surface area contributed by atoms with Crippen molar-refractivity contribution in [1.29, 1.82) is 0 Å². The minimum Gasteiger partial charge on any atom is -0.475 e. The molecule has 38 heavy (non-hydrogen) atoms. The standard InChI is InChI=1S/C18H23N5O.2C2HF3O2/c1-5-20-17(21-6-1)23-9-4-18(14-23)13-22(10-11-24-15-18)12-16-2-7-19-8-3-16;2*3-2(4,5)1(6)7/h1-3,5-8H,4,9-15H2;2*(H,6,7). The SMILES string of the molecule is O=C(O)C(F)(F)F.O=C(O)C(F)(F)F.c1cnc(N2CCC3(COCCN(Cc4ccncc4)C3)C2)nc1. The third-order valence-corrected chi connectivity index (χ3v) is 5.43. The van der Waals surface area contributed by atoms with Crippen molar-refractivity contribution in [1.82, 2.24) is 19.9 Å². The van der Waals surface area contributed by atoms with Crippen LogP contribution in [-0.2, 0) is 20.9 Å². The fourth-order valence-electron chi connectivity index (χ4n) is 3.77. The molecule has 2 aliphatic rings. The van der Waals surface area contributed by atoms with Crippen molar-refractivity contribution >= 4 is 17.9 Å². The van der Waals surface area contributed by atoms with Gasteiger partial charge in [-0.2, -0.15) is 26.3 Å². The number of nitrogens with zero attached hydrogens (tertiary/aromatic N) is 5. The summed E-state index contributed by atoms with van der Waals surface area (Å²) in [5, 5.41) is 14.2. The summed E-state index contributed by atoms with van der Waals surface area (Å²) in [5.41, 5.74) is 1.48. The van der Waals surface area contributed by atoms with Crippen LogP contribution < -0.4 is 4.90 Å². The number of anilines is 1. The molecule has 1 unspecified atom stereocenters. The van der Waals surface area contributed by atoms with E-state index >= 15 is 0 Å². The van der Waals surface area contributed by atoms with Crippen LogP contribution in [0.2, 0.25) is 0 Å². The number of aliphatic carboxylic acids is 2. The second-order valence-electron chi connectivity index (χ2n) is 8.44. The molecule has 2 aliphatic heterocycles. The summed E-state index contributed by atoms with van der Waals surface area (Å²) in [6, 6.07) is 6.05. The largest absolute Gasteiger partial charge is 0.490 e. The van der Waals surface area contributed by atoms with Crippen molar-refractivity contribution in [2.45, 2.75) is 25.3 Å². The number of hydrogen-bond acceptors (Lipinski definition) is 8. The van der Waals surface area contributed by atoms with Gasteiger partial charge in [-0.3, -0.25) is 9.88 Å². The maximum absolute atomic E-state index is 10.6. The minimum absolute atomic E-state index is 0.169. The van der Waals surface area contributed by atoms with Crippen LogP contribution in [0, 0.1) is 5.41 Å². The first-order chi connectivity index (χ1) is 17.7. The van der Waals surface area contributed by atoms with Gasteiger partial charge in [0, 0.05) is 62.9 Å². The Kier molecular flexibility index (Phi) is 10.8. The maximum atomic E-state index is 10.6. The smallest absolute Gasteiger partial charge is 0.475 e. The lowest BCUT2D eigenvalue weighted by Crippen LogP contribution is -2.40. The van der Waals surface area contributed by atoms with E-state index in [-0.39, 0.29) is 5.41 Å². The van der Waals surface area contributed by atoms with E-state index < -0.39 is 24.3 Å². The predicted octanol–water partition coefficient (Wildman–Crippen LogP) is 2.87. The number of aromatic nitrogens is 3. The van der Waals surface area contributed by atoms with E-state index in [4.69, 9.17) is 24.5 Å². The molecule has 4 rings (SSSR count). The van der Waals surface area contributed by atoms with E-state index in [0.717, 1.165) is 58.3 Å². The molecule has 0 aromatic carbocycles. The van der Waals surface area contributed by atoms with Crippen molar-refractivity contribution in [3.05, 3.63) is 48.5 Å². The topological polar surface area (TPSA) is 129 Å². The molecule has 1 atom stereocenters. The molecule has 2 N–H and O–H groups in total. The lowest BCUT2D eigenvalue weighted by molar-refractivity contribution is -0.193. The Morgan fingerprint density at radius 2 is 1.47 bits per heavy atom. The van der Waals surface area contributed by atoms with Gasteiger partial charge in [0.1, 0.15) is 0 Å². The molecule has 1 spiro atoms. The first kappa shape index (κ1) is 30.7. The highest BCUT2D eigenvalue weighted by Crippen LogP contribution is 2.35. The molecule has 210 valence electrons. The Balaban J connectivity index is 0.000000301. The van der Waals surface area contributed by atoms with Gasteiger partial charge in [-0.15, -0.1) is 0 Å². The van der Waals surface area contributed by atoms with Gasteiger partial charge in [0.25, 0.3) is 0 Å². The average molecular weight is 553 g/mol. The highest BCUT2D eigenvalue weighted by atomic mass is 19.4. The van der Waals surface area contributed by atoms with Crippen LogP contribution in [0.5, 0.6) is 0 Å². The number of carbonyl (C=O) groups is 2. The lowest BCUT2D eigenvalue weighted by Gasteiger charge is -2.31. The predicted molar refractivity (Wildman–Crippen MR) is 119 cm³/mol. The van der Waals surface area contributed by atoms with Gasteiger partial charge in [-0.05, 0) is 30.2 Å². The Hall–Kier alpha value is -3.53. The van der Waals surface area contributed by atoms with Gasteiger partial charge in [-0.25, -0.2) is 19.6 Å². The van der Waals surface area contributed by atoms with E-state index in [0.29, 0.717) is 0 Å². The van der Waals surface area contributed by atoms with E-state index in [2.05, 4.69) is 36.9 Å². The van der Waals surface area contributed by atoms with Crippen molar-refractivity contribution in [2.24, 2.45) is 5.41 Å². The van der Waals surface area contributed by atoms with E-state index in [1.54, 1.807) is 0 Å². The summed E-state index contributed by atoms with van der Waals surface area (Å²) in [5.74, 6) is -4.68. The van der Waals surface area contributed by atoms with Crippen LogP contribution in [-0.4, -0.2) is 93.7 Å². The Morgan fingerprint density at radius 3 is 2.00 bits per heavy atom. The number of pyridine rings is 1. The summed E-state index contributed by atoms with van der Waals surface area (Å²) < 4.78 is 69.4. The lowest BCUT2D eigenvalue weighted by atomic mass is 9.87. The highest BCUT2D eigenvalue weighted by molar-refractivity contribution is 5.73. The molecule has 16 heteroatoms.